The Bertz CT molecular complexity index is 891. The van der Waals surface area contributed by atoms with Crippen LogP contribution >= 0.6 is 11.8 Å². The Kier molecular flexibility index (Phi) is 6.76. The zero-order valence-corrected chi connectivity index (χ0v) is 17.2. The van der Waals surface area contributed by atoms with Crippen LogP contribution < -0.4 is 9.47 Å². The molecule has 146 valence electrons. The number of aliphatic imine (C=N–C) groups is 1. The second-order valence-corrected chi connectivity index (χ2v) is 7.14. The van der Waals surface area contributed by atoms with Crippen LogP contribution in [0.15, 0.2) is 58.4 Å². The number of benzene rings is 2. The van der Waals surface area contributed by atoms with Crippen LogP contribution in [0.3, 0.4) is 0 Å². The number of hydrogen-bond donors (Lipinski definition) is 0. The second-order valence-electron chi connectivity index (χ2n) is 6.13. The maximum absolute atomic E-state index is 12.9. The maximum atomic E-state index is 12.9. The third-order valence-electron chi connectivity index (χ3n) is 4.13. The summed E-state index contributed by atoms with van der Waals surface area (Å²) < 4.78 is 10.9. The normalized spacial score (nSPS) is 16.8. The van der Waals surface area contributed by atoms with Crippen molar-refractivity contribution in [1.29, 1.82) is 0 Å². The lowest BCUT2D eigenvalue weighted by atomic mass is 10.2. The molecule has 0 atom stereocenters. The van der Waals surface area contributed by atoms with E-state index in [0.717, 1.165) is 29.2 Å². The molecule has 0 aromatic heterocycles. The van der Waals surface area contributed by atoms with Gasteiger partial charge in [-0.05, 0) is 61.5 Å². The van der Waals surface area contributed by atoms with E-state index in [1.54, 1.807) is 12.0 Å². The first-order valence-electron chi connectivity index (χ1n) is 9.32. The van der Waals surface area contributed by atoms with Gasteiger partial charge in [0.25, 0.3) is 5.91 Å². The van der Waals surface area contributed by atoms with Crippen LogP contribution in [0.4, 0.5) is 5.69 Å². The van der Waals surface area contributed by atoms with Crippen LogP contribution in [0, 0.1) is 0 Å². The zero-order chi connectivity index (χ0) is 19.9. The molecule has 0 bridgehead atoms. The van der Waals surface area contributed by atoms with Crippen molar-refractivity contribution in [3.8, 4) is 11.5 Å². The Morgan fingerprint density at radius 1 is 1.11 bits per heavy atom. The van der Waals surface area contributed by atoms with Crippen LogP contribution in [0.2, 0.25) is 0 Å². The highest BCUT2D eigenvalue weighted by atomic mass is 32.2. The molecule has 6 heteroatoms. The summed E-state index contributed by atoms with van der Waals surface area (Å²) in [5.74, 6) is 1.52. The number of thioether (sulfide) groups is 1. The van der Waals surface area contributed by atoms with Crippen molar-refractivity contribution in [3.63, 3.8) is 0 Å². The highest BCUT2D eigenvalue weighted by molar-refractivity contribution is 8.18. The molecule has 28 heavy (non-hydrogen) atoms. The molecule has 0 unspecified atom stereocenters. The van der Waals surface area contributed by atoms with Crippen molar-refractivity contribution in [1.82, 2.24) is 4.90 Å². The number of amidine groups is 1. The molecule has 0 radical (unpaired) electrons. The Morgan fingerprint density at radius 3 is 2.54 bits per heavy atom. The molecule has 1 amide bonds. The third kappa shape index (κ3) is 4.57. The van der Waals surface area contributed by atoms with Crippen molar-refractivity contribution in [3.05, 3.63) is 59.0 Å². The SMILES string of the molecule is CCCN1C(=O)C(=Cc2ccccc2OC)SC1=Nc1ccc(OCC)cc1. The molecule has 1 saturated heterocycles. The fourth-order valence-electron chi connectivity index (χ4n) is 2.83. The van der Waals surface area contributed by atoms with Crippen molar-refractivity contribution in [2.45, 2.75) is 20.3 Å². The van der Waals surface area contributed by atoms with Crippen molar-refractivity contribution < 1.29 is 14.3 Å². The van der Waals surface area contributed by atoms with Gasteiger partial charge in [0.05, 0.1) is 24.3 Å². The summed E-state index contributed by atoms with van der Waals surface area (Å²) in [7, 11) is 1.63. The van der Waals surface area contributed by atoms with E-state index in [2.05, 4.69) is 0 Å². The highest BCUT2D eigenvalue weighted by Gasteiger charge is 2.32. The molecule has 1 aliphatic heterocycles. The van der Waals surface area contributed by atoms with Gasteiger partial charge in [0.2, 0.25) is 0 Å². The maximum Gasteiger partial charge on any atom is 0.266 e. The first-order chi connectivity index (χ1) is 13.7. The minimum Gasteiger partial charge on any atom is -0.496 e. The van der Waals surface area contributed by atoms with Crippen LogP contribution in [-0.2, 0) is 4.79 Å². The number of amides is 1. The summed E-state index contributed by atoms with van der Waals surface area (Å²) in [5, 5.41) is 0.692. The van der Waals surface area contributed by atoms with Crippen LogP contribution in [0.1, 0.15) is 25.8 Å². The number of ether oxygens (including phenoxy) is 2. The molecular formula is C22H24N2O3S. The molecular weight excluding hydrogens is 372 g/mol. The van der Waals surface area contributed by atoms with Gasteiger partial charge in [-0.25, -0.2) is 4.99 Å². The van der Waals surface area contributed by atoms with Gasteiger partial charge >= 0.3 is 0 Å². The molecule has 1 fully saturated rings. The number of para-hydroxylation sites is 1. The van der Waals surface area contributed by atoms with E-state index in [4.69, 9.17) is 14.5 Å². The molecule has 2 aromatic rings. The molecule has 0 aliphatic carbocycles. The zero-order valence-electron chi connectivity index (χ0n) is 16.3. The average molecular weight is 397 g/mol. The predicted octanol–water partition coefficient (Wildman–Crippen LogP) is 5.11. The second kappa shape index (κ2) is 9.46. The van der Waals surface area contributed by atoms with Gasteiger partial charge in [-0.2, -0.15) is 0 Å². The molecule has 5 nitrogen and oxygen atoms in total. The summed E-state index contributed by atoms with van der Waals surface area (Å²) in [4.78, 5) is 20.0. The number of methoxy groups -OCH3 is 1. The summed E-state index contributed by atoms with van der Waals surface area (Å²) in [5.41, 5.74) is 1.66. The molecule has 0 N–H and O–H groups in total. The minimum atomic E-state index is -0.0255. The fraction of sp³-hybridized carbons (Fsp3) is 0.273. The van der Waals surface area contributed by atoms with Crippen LogP contribution in [-0.4, -0.2) is 36.2 Å². The van der Waals surface area contributed by atoms with E-state index in [-0.39, 0.29) is 5.91 Å². The summed E-state index contributed by atoms with van der Waals surface area (Å²) in [6, 6.07) is 15.2. The van der Waals surface area contributed by atoms with Gasteiger partial charge in [-0.15, -0.1) is 0 Å². The third-order valence-corrected chi connectivity index (χ3v) is 5.14. The summed E-state index contributed by atoms with van der Waals surface area (Å²) >= 11 is 1.39. The fourth-order valence-corrected chi connectivity index (χ4v) is 3.85. The van der Waals surface area contributed by atoms with Gasteiger partial charge in [0.1, 0.15) is 11.5 Å². The lowest BCUT2D eigenvalue weighted by molar-refractivity contribution is -0.122. The minimum absolute atomic E-state index is 0.0255. The standard InChI is InChI=1S/C22H24N2O3S/c1-4-14-24-21(25)20(15-16-8-6-7-9-19(16)26-3)28-22(24)23-17-10-12-18(13-11-17)27-5-2/h6-13,15H,4-5,14H2,1-3H3. The Hall–Kier alpha value is -2.73. The number of nitrogens with zero attached hydrogens (tertiary/aromatic N) is 2. The van der Waals surface area contributed by atoms with Gasteiger partial charge in [-0.3, -0.25) is 9.69 Å². The Morgan fingerprint density at radius 2 is 1.86 bits per heavy atom. The number of carbonyl (C=O) groups is 1. The van der Waals surface area contributed by atoms with E-state index in [9.17, 15) is 4.79 Å². The van der Waals surface area contributed by atoms with Gasteiger partial charge in [-0.1, -0.05) is 25.1 Å². The number of rotatable bonds is 7. The topological polar surface area (TPSA) is 51.1 Å². The number of carbonyl (C=O) groups excluding carboxylic acids is 1. The average Bonchev–Trinajstić information content (AvgIpc) is 2.99. The highest BCUT2D eigenvalue weighted by Crippen LogP contribution is 2.35. The van der Waals surface area contributed by atoms with E-state index in [1.807, 2.05) is 68.5 Å². The summed E-state index contributed by atoms with van der Waals surface area (Å²) in [6.45, 7) is 5.26. The molecule has 0 spiro atoms. The van der Waals surface area contributed by atoms with E-state index in [0.29, 0.717) is 23.2 Å². The Labute approximate surface area is 170 Å². The monoisotopic (exact) mass is 396 g/mol. The molecule has 1 heterocycles. The van der Waals surface area contributed by atoms with Crippen LogP contribution in [0.25, 0.3) is 6.08 Å². The Balaban J connectivity index is 1.90. The van der Waals surface area contributed by atoms with Crippen molar-refractivity contribution in [2.24, 2.45) is 4.99 Å². The van der Waals surface area contributed by atoms with E-state index in [1.165, 1.54) is 11.8 Å². The van der Waals surface area contributed by atoms with Gasteiger partial charge in [0.15, 0.2) is 5.17 Å². The van der Waals surface area contributed by atoms with Gasteiger partial charge in [0, 0.05) is 12.1 Å². The molecule has 3 rings (SSSR count). The first kappa shape index (κ1) is 20.0. The van der Waals surface area contributed by atoms with Gasteiger partial charge < -0.3 is 9.47 Å². The summed E-state index contributed by atoms with van der Waals surface area (Å²) in [6.07, 6.45) is 2.73. The largest absolute Gasteiger partial charge is 0.496 e. The quantitative estimate of drug-likeness (QED) is 0.611. The molecule has 0 saturated carbocycles. The lowest BCUT2D eigenvalue weighted by Gasteiger charge is -2.14. The van der Waals surface area contributed by atoms with Crippen molar-refractivity contribution >= 4 is 34.6 Å². The lowest BCUT2D eigenvalue weighted by Crippen LogP contribution is -2.29. The predicted molar refractivity (Wildman–Crippen MR) is 115 cm³/mol. The van der Waals surface area contributed by atoms with E-state index >= 15 is 0 Å². The smallest absolute Gasteiger partial charge is 0.266 e. The molecule has 2 aromatic carbocycles. The number of hydrogen-bond acceptors (Lipinski definition) is 5. The van der Waals surface area contributed by atoms with E-state index < -0.39 is 0 Å². The molecule has 1 aliphatic rings. The van der Waals surface area contributed by atoms with Crippen molar-refractivity contribution in [2.75, 3.05) is 20.3 Å². The first-order valence-corrected chi connectivity index (χ1v) is 10.1. The van der Waals surface area contributed by atoms with Crippen LogP contribution in [0.5, 0.6) is 11.5 Å².